The van der Waals surface area contributed by atoms with Gasteiger partial charge in [0.15, 0.2) is 0 Å². The lowest BCUT2D eigenvalue weighted by Crippen LogP contribution is -1.91. The fourth-order valence-electron chi connectivity index (χ4n) is 0.714. The Balaban J connectivity index is 3.29. The first kappa shape index (κ1) is 9.16. The van der Waals surface area contributed by atoms with Crippen LogP contribution in [0.5, 0.6) is 0 Å². The molecule has 0 saturated heterocycles. The summed E-state index contributed by atoms with van der Waals surface area (Å²) >= 11 is 6.34. The van der Waals surface area contributed by atoms with Gasteiger partial charge < -0.3 is 5.11 Å². The number of halogens is 3. The van der Waals surface area contributed by atoms with Crippen molar-refractivity contribution in [2.45, 2.75) is 6.61 Å². The van der Waals surface area contributed by atoms with Crippen LogP contribution in [-0.4, -0.2) is 5.11 Å². The molecule has 1 aromatic carbocycles. The summed E-state index contributed by atoms with van der Waals surface area (Å²) in [6, 6.07) is 2.89. The van der Waals surface area contributed by atoms with Crippen LogP contribution < -0.4 is 0 Å². The van der Waals surface area contributed by atoms with E-state index < -0.39 is 5.82 Å². The van der Waals surface area contributed by atoms with E-state index in [9.17, 15) is 4.39 Å². The van der Waals surface area contributed by atoms with Crippen LogP contribution >= 0.6 is 31.9 Å². The maximum Gasteiger partial charge on any atom is 0.129 e. The Kier molecular flexibility index (Phi) is 3.04. The van der Waals surface area contributed by atoms with E-state index in [-0.39, 0.29) is 12.2 Å². The lowest BCUT2D eigenvalue weighted by Gasteiger charge is -2.03. The quantitative estimate of drug-likeness (QED) is 0.786. The molecule has 60 valence electrons. The maximum atomic E-state index is 12.8. The third kappa shape index (κ3) is 1.80. The molecule has 0 saturated carbocycles. The second kappa shape index (κ2) is 3.65. The number of aliphatic hydroxyl groups is 1. The van der Waals surface area contributed by atoms with Gasteiger partial charge in [0.25, 0.3) is 0 Å². The highest BCUT2D eigenvalue weighted by Crippen LogP contribution is 2.28. The predicted molar refractivity (Wildman–Crippen MR) is 47.7 cm³/mol. The highest BCUT2D eigenvalue weighted by atomic mass is 79.9. The van der Waals surface area contributed by atoms with Crippen molar-refractivity contribution in [2.75, 3.05) is 0 Å². The summed E-state index contributed by atoms with van der Waals surface area (Å²) in [7, 11) is 0. The van der Waals surface area contributed by atoms with Crippen LogP contribution in [0.3, 0.4) is 0 Å². The highest BCUT2D eigenvalue weighted by molar-refractivity contribution is 9.13. The molecule has 0 radical (unpaired) electrons. The van der Waals surface area contributed by atoms with Crippen molar-refractivity contribution in [1.82, 2.24) is 0 Å². The summed E-state index contributed by atoms with van der Waals surface area (Å²) in [4.78, 5) is 0. The van der Waals surface area contributed by atoms with E-state index in [1.165, 1.54) is 6.07 Å². The molecule has 1 nitrogen and oxygen atoms in total. The van der Waals surface area contributed by atoms with Gasteiger partial charge in [-0.2, -0.15) is 0 Å². The fraction of sp³-hybridized carbons (Fsp3) is 0.143. The molecule has 0 bridgehead atoms. The van der Waals surface area contributed by atoms with Gasteiger partial charge in [0.05, 0.1) is 6.61 Å². The summed E-state index contributed by atoms with van der Waals surface area (Å²) in [6.45, 7) is -0.300. The lowest BCUT2D eigenvalue weighted by atomic mass is 10.2. The van der Waals surface area contributed by atoms with E-state index >= 15 is 0 Å². The minimum atomic E-state index is -0.400. The molecule has 0 amide bonds. The first-order valence-electron chi connectivity index (χ1n) is 2.90. The number of benzene rings is 1. The van der Waals surface area contributed by atoms with E-state index in [1.807, 2.05) is 0 Å². The van der Waals surface area contributed by atoms with Crippen molar-refractivity contribution in [2.24, 2.45) is 0 Å². The van der Waals surface area contributed by atoms with Crippen molar-refractivity contribution < 1.29 is 9.50 Å². The third-order valence-corrected chi connectivity index (χ3v) is 3.40. The summed E-state index contributed by atoms with van der Waals surface area (Å²) in [5.41, 5.74) is 0.277. The van der Waals surface area contributed by atoms with Crippen LogP contribution in [0, 0.1) is 5.82 Å². The third-order valence-electron chi connectivity index (χ3n) is 1.30. The first-order chi connectivity index (χ1) is 5.16. The van der Waals surface area contributed by atoms with E-state index in [2.05, 4.69) is 31.9 Å². The molecule has 0 fully saturated rings. The largest absolute Gasteiger partial charge is 0.392 e. The Bertz CT molecular complexity index is 275. The van der Waals surface area contributed by atoms with Gasteiger partial charge in [-0.1, -0.05) is 0 Å². The number of aliphatic hydroxyl groups excluding tert-OH is 1. The Morgan fingerprint density at radius 1 is 1.36 bits per heavy atom. The maximum absolute atomic E-state index is 12.8. The van der Waals surface area contributed by atoms with Crippen LogP contribution in [0.1, 0.15) is 5.56 Å². The van der Waals surface area contributed by atoms with Gasteiger partial charge >= 0.3 is 0 Å². The van der Waals surface area contributed by atoms with Gasteiger partial charge in [0.2, 0.25) is 0 Å². The van der Waals surface area contributed by atoms with Gasteiger partial charge in [0, 0.05) is 14.5 Å². The molecule has 0 aliphatic heterocycles. The zero-order valence-corrected chi connectivity index (χ0v) is 8.61. The summed E-state index contributed by atoms with van der Waals surface area (Å²) < 4.78 is 14.1. The molecular formula is C7H5Br2FO. The minimum Gasteiger partial charge on any atom is -0.392 e. The molecule has 1 aromatic rings. The van der Waals surface area contributed by atoms with Gasteiger partial charge in [-0.25, -0.2) is 4.39 Å². The Morgan fingerprint density at radius 2 is 2.00 bits per heavy atom. The van der Waals surface area contributed by atoms with Gasteiger partial charge in [0.1, 0.15) is 5.82 Å². The molecule has 1 N–H and O–H groups in total. The second-order valence-electron chi connectivity index (χ2n) is 1.98. The Labute approximate surface area is 80.5 Å². The van der Waals surface area contributed by atoms with Crippen molar-refractivity contribution >= 4 is 31.9 Å². The molecule has 0 spiro atoms. The number of hydrogen-bond acceptors (Lipinski definition) is 1. The average molecular weight is 284 g/mol. The van der Waals surface area contributed by atoms with Crippen LogP contribution in [0.15, 0.2) is 21.1 Å². The molecule has 0 unspecified atom stereocenters. The predicted octanol–water partition coefficient (Wildman–Crippen LogP) is 2.84. The summed E-state index contributed by atoms with van der Waals surface area (Å²) in [5.74, 6) is -0.400. The molecule has 0 aromatic heterocycles. The second-order valence-corrected chi connectivity index (χ2v) is 3.63. The molecule has 0 atom stereocenters. The zero-order chi connectivity index (χ0) is 8.43. The van der Waals surface area contributed by atoms with Gasteiger partial charge in [-0.05, 0) is 44.0 Å². The van der Waals surface area contributed by atoms with Gasteiger partial charge in [-0.15, -0.1) is 0 Å². The zero-order valence-electron chi connectivity index (χ0n) is 5.44. The van der Waals surface area contributed by atoms with Crippen LogP contribution in [0.4, 0.5) is 4.39 Å². The molecule has 4 heteroatoms. The first-order valence-corrected chi connectivity index (χ1v) is 4.48. The molecule has 0 aliphatic rings. The summed E-state index contributed by atoms with van der Waals surface area (Å²) in [5, 5.41) is 8.73. The number of hydrogen-bond donors (Lipinski definition) is 1. The molecule has 11 heavy (non-hydrogen) atoms. The fourth-order valence-corrected chi connectivity index (χ4v) is 1.53. The molecule has 1 rings (SSSR count). The minimum absolute atomic E-state index is 0.277. The Morgan fingerprint density at radius 3 is 2.45 bits per heavy atom. The number of rotatable bonds is 1. The van der Waals surface area contributed by atoms with Crippen LogP contribution in [0.25, 0.3) is 0 Å². The highest BCUT2D eigenvalue weighted by Gasteiger charge is 2.07. The Hall–Kier alpha value is 0.0700. The van der Waals surface area contributed by atoms with Crippen molar-refractivity contribution in [3.63, 3.8) is 0 Å². The summed E-state index contributed by atoms with van der Waals surface area (Å²) in [6.07, 6.45) is 0. The topological polar surface area (TPSA) is 20.2 Å². The van der Waals surface area contributed by atoms with E-state index in [1.54, 1.807) is 6.07 Å². The van der Waals surface area contributed by atoms with E-state index in [0.717, 1.165) is 4.47 Å². The van der Waals surface area contributed by atoms with Crippen molar-refractivity contribution in [1.29, 1.82) is 0 Å². The van der Waals surface area contributed by atoms with Crippen molar-refractivity contribution in [3.8, 4) is 0 Å². The average Bonchev–Trinajstić information content (AvgIpc) is 1.99. The molecular weight excluding hydrogens is 279 g/mol. The van der Waals surface area contributed by atoms with Crippen LogP contribution in [0.2, 0.25) is 0 Å². The lowest BCUT2D eigenvalue weighted by molar-refractivity contribution is 0.275. The van der Waals surface area contributed by atoms with Crippen LogP contribution in [-0.2, 0) is 6.61 Å². The monoisotopic (exact) mass is 282 g/mol. The van der Waals surface area contributed by atoms with Gasteiger partial charge in [-0.3, -0.25) is 0 Å². The smallest absolute Gasteiger partial charge is 0.129 e. The van der Waals surface area contributed by atoms with Crippen molar-refractivity contribution in [3.05, 3.63) is 32.5 Å². The van der Waals surface area contributed by atoms with E-state index in [4.69, 9.17) is 5.11 Å². The molecule has 0 aliphatic carbocycles. The standard InChI is InChI=1S/C7H5Br2FO/c8-5-1-2-6(10)4(3-11)7(5)9/h1-2,11H,3H2. The van der Waals surface area contributed by atoms with E-state index in [0.29, 0.717) is 4.47 Å². The normalized spacial score (nSPS) is 10.2. The SMILES string of the molecule is OCc1c(F)ccc(Br)c1Br. The molecule has 0 heterocycles.